The Hall–Kier alpha value is -0.563. The third-order valence-electron chi connectivity index (χ3n) is 1.49. The van der Waals surface area contributed by atoms with Gasteiger partial charge in [-0.25, -0.2) is 5.48 Å². The summed E-state index contributed by atoms with van der Waals surface area (Å²) in [6, 6.07) is 1.38. The van der Waals surface area contributed by atoms with Crippen molar-refractivity contribution in [2.75, 3.05) is 0 Å². The number of hydrogen-bond acceptors (Lipinski definition) is 2. The van der Waals surface area contributed by atoms with E-state index in [9.17, 15) is 18.0 Å². The number of carbonyl (C=O) groups is 1. The summed E-state index contributed by atoms with van der Waals surface area (Å²) in [5, 5.41) is 0. The van der Waals surface area contributed by atoms with Crippen LogP contribution < -0.4 is 5.48 Å². The van der Waals surface area contributed by atoms with Crippen molar-refractivity contribution >= 4 is 14.9 Å². The third-order valence-corrected chi connectivity index (χ3v) is 3.76. The van der Waals surface area contributed by atoms with Crippen molar-refractivity contribution in [3.63, 3.8) is 0 Å². The number of amides is 1. The van der Waals surface area contributed by atoms with Crippen molar-refractivity contribution in [2.45, 2.75) is 32.1 Å². The molecule has 0 aromatic rings. The first-order valence-corrected chi connectivity index (χ1v) is 6.05. The number of nitrogens with one attached hydrogen (secondary N) is 1. The second-order valence-corrected chi connectivity index (χ2v) is 5.60. The first-order valence-electron chi connectivity index (χ1n) is 3.94. The Morgan fingerprint density at radius 1 is 1.38 bits per heavy atom. The molecule has 7 heteroatoms. The molecule has 0 aromatic carbocycles. The summed E-state index contributed by atoms with van der Waals surface area (Å²) >= 11 is 0. The Bertz CT molecular complexity index is 170. The molecule has 0 radical (unpaired) electrons. The van der Waals surface area contributed by atoms with Crippen molar-refractivity contribution in [3.05, 3.63) is 0 Å². The van der Waals surface area contributed by atoms with E-state index >= 15 is 0 Å². The van der Waals surface area contributed by atoms with Crippen molar-refractivity contribution in [3.8, 4) is 0 Å². The summed E-state index contributed by atoms with van der Waals surface area (Å²) in [4.78, 5) is 10.3. The molecular formula is C6H12F3NO2Si. The van der Waals surface area contributed by atoms with Crippen LogP contribution in [0.5, 0.6) is 0 Å². The SMILES string of the molecule is CC[SiH](CC)ONC(=O)C(F)(F)F. The van der Waals surface area contributed by atoms with Crippen molar-refractivity contribution in [1.82, 2.24) is 5.48 Å². The van der Waals surface area contributed by atoms with Crippen LogP contribution in [0.1, 0.15) is 13.8 Å². The fourth-order valence-corrected chi connectivity index (χ4v) is 1.83. The fourth-order valence-electron chi connectivity index (χ4n) is 0.650. The van der Waals surface area contributed by atoms with Crippen LogP contribution in [0.25, 0.3) is 0 Å². The standard InChI is InChI=1S/C6H12F3NO2Si/c1-3-13(4-2)12-10-5(11)6(7,8)9/h13H,3-4H2,1-2H3,(H,10,11). The smallest absolute Gasteiger partial charge is 0.323 e. The molecule has 0 aliphatic heterocycles. The fraction of sp³-hybridized carbons (Fsp3) is 0.833. The van der Waals surface area contributed by atoms with Gasteiger partial charge in [0.15, 0.2) is 0 Å². The lowest BCUT2D eigenvalue weighted by molar-refractivity contribution is -0.180. The number of hydroxylamine groups is 1. The molecule has 13 heavy (non-hydrogen) atoms. The highest BCUT2D eigenvalue weighted by Crippen LogP contribution is 2.14. The van der Waals surface area contributed by atoms with Gasteiger partial charge in [0.25, 0.3) is 0 Å². The summed E-state index contributed by atoms with van der Waals surface area (Å²) in [5.74, 6) is -2.04. The van der Waals surface area contributed by atoms with Crippen LogP contribution in [0.15, 0.2) is 0 Å². The van der Waals surface area contributed by atoms with Crippen LogP contribution in [0.4, 0.5) is 13.2 Å². The Labute approximate surface area is 75.9 Å². The van der Waals surface area contributed by atoms with Crippen LogP contribution in [-0.4, -0.2) is 21.1 Å². The molecule has 1 N–H and O–H groups in total. The van der Waals surface area contributed by atoms with E-state index in [0.717, 1.165) is 0 Å². The van der Waals surface area contributed by atoms with Gasteiger partial charge in [0.2, 0.25) is 9.04 Å². The molecule has 0 fully saturated rings. The van der Waals surface area contributed by atoms with Gasteiger partial charge in [-0.3, -0.25) is 4.79 Å². The van der Waals surface area contributed by atoms with Gasteiger partial charge >= 0.3 is 12.1 Å². The number of carbonyl (C=O) groups excluding carboxylic acids is 1. The molecule has 0 rings (SSSR count). The van der Waals surface area contributed by atoms with Gasteiger partial charge in [-0.15, -0.1) is 0 Å². The number of halogens is 3. The van der Waals surface area contributed by atoms with Gasteiger partial charge in [0.05, 0.1) is 0 Å². The largest absolute Gasteiger partial charge is 0.473 e. The molecule has 0 bridgehead atoms. The van der Waals surface area contributed by atoms with Gasteiger partial charge in [-0.1, -0.05) is 13.8 Å². The first kappa shape index (κ1) is 12.4. The van der Waals surface area contributed by atoms with E-state index in [1.54, 1.807) is 0 Å². The van der Waals surface area contributed by atoms with E-state index in [1.165, 1.54) is 5.48 Å². The van der Waals surface area contributed by atoms with Crippen molar-refractivity contribution in [1.29, 1.82) is 0 Å². The zero-order chi connectivity index (χ0) is 10.5. The second kappa shape index (κ2) is 5.23. The maximum atomic E-state index is 11.6. The zero-order valence-corrected chi connectivity index (χ0v) is 8.60. The van der Waals surface area contributed by atoms with E-state index in [2.05, 4.69) is 4.53 Å². The second-order valence-electron chi connectivity index (χ2n) is 2.49. The molecule has 78 valence electrons. The lowest BCUT2D eigenvalue weighted by Gasteiger charge is -2.13. The molecule has 0 heterocycles. The average molecular weight is 215 g/mol. The minimum absolute atomic E-state index is 0.689. The molecule has 0 unspecified atom stereocenters. The summed E-state index contributed by atoms with van der Waals surface area (Å²) in [7, 11) is -1.65. The highest BCUT2D eigenvalue weighted by molar-refractivity contribution is 6.51. The predicted molar refractivity (Wildman–Crippen MR) is 43.4 cm³/mol. The van der Waals surface area contributed by atoms with Crippen LogP contribution in [0.3, 0.4) is 0 Å². The quantitative estimate of drug-likeness (QED) is 0.568. The van der Waals surface area contributed by atoms with E-state index < -0.39 is 21.1 Å². The Morgan fingerprint density at radius 3 is 2.15 bits per heavy atom. The number of rotatable bonds is 4. The Kier molecular flexibility index (Phi) is 5.00. The van der Waals surface area contributed by atoms with Gasteiger partial charge in [0, 0.05) is 0 Å². The van der Waals surface area contributed by atoms with Gasteiger partial charge in [-0.05, 0) is 12.1 Å². The molecule has 0 aromatic heterocycles. The number of alkyl halides is 3. The van der Waals surface area contributed by atoms with E-state index in [0.29, 0.717) is 12.1 Å². The molecule has 0 saturated carbocycles. The number of hydrogen-bond donors (Lipinski definition) is 1. The maximum Gasteiger partial charge on any atom is 0.473 e. The molecule has 0 atom stereocenters. The summed E-state index contributed by atoms with van der Waals surface area (Å²) in [5.41, 5.74) is 1.42. The predicted octanol–water partition coefficient (Wildman–Crippen LogP) is 1.36. The summed E-state index contributed by atoms with van der Waals surface area (Å²) < 4.78 is 39.5. The van der Waals surface area contributed by atoms with Gasteiger partial charge in [0.1, 0.15) is 0 Å². The summed E-state index contributed by atoms with van der Waals surface area (Å²) in [6.07, 6.45) is -4.86. The van der Waals surface area contributed by atoms with E-state index in [-0.39, 0.29) is 0 Å². The third kappa shape index (κ3) is 4.89. The highest BCUT2D eigenvalue weighted by Gasteiger charge is 2.39. The normalized spacial score (nSPS) is 11.8. The van der Waals surface area contributed by atoms with Crippen LogP contribution in [0, 0.1) is 0 Å². The van der Waals surface area contributed by atoms with Gasteiger partial charge in [-0.2, -0.15) is 13.2 Å². The molecule has 0 spiro atoms. The average Bonchev–Trinajstić information content (AvgIpc) is 2.04. The topological polar surface area (TPSA) is 38.3 Å². The van der Waals surface area contributed by atoms with Crippen LogP contribution in [-0.2, 0) is 9.32 Å². The summed E-state index contributed by atoms with van der Waals surface area (Å²) in [6.45, 7) is 3.64. The van der Waals surface area contributed by atoms with Crippen LogP contribution >= 0.6 is 0 Å². The molecule has 0 aliphatic carbocycles. The van der Waals surface area contributed by atoms with Crippen molar-refractivity contribution < 1.29 is 22.5 Å². The molecule has 0 saturated heterocycles. The first-order chi connectivity index (χ1) is 5.91. The van der Waals surface area contributed by atoms with Crippen LogP contribution in [0.2, 0.25) is 12.1 Å². The minimum atomic E-state index is -4.86. The van der Waals surface area contributed by atoms with E-state index in [4.69, 9.17) is 0 Å². The van der Waals surface area contributed by atoms with Gasteiger partial charge < -0.3 is 4.53 Å². The minimum Gasteiger partial charge on any atom is -0.323 e. The molecule has 1 amide bonds. The zero-order valence-electron chi connectivity index (χ0n) is 7.44. The highest BCUT2D eigenvalue weighted by atomic mass is 28.3. The Morgan fingerprint density at radius 2 is 1.85 bits per heavy atom. The van der Waals surface area contributed by atoms with Crippen molar-refractivity contribution in [2.24, 2.45) is 0 Å². The monoisotopic (exact) mass is 215 g/mol. The van der Waals surface area contributed by atoms with E-state index in [1.807, 2.05) is 13.8 Å². The molecular weight excluding hydrogens is 203 g/mol. The Balaban J connectivity index is 3.82. The molecule has 3 nitrogen and oxygen atoms in total. The maximum absolute atomic E-state index is 11.6. The lowest BCUT2D eigenvalue weighted by Crippen LogP contribution is -2.40. The lowest BCUT2D eigenvalue weighted by atomic mass is 10.6. The molecule has 0 aliphatic rings.